The first kappa shape index (κ1) is 18.4. The number of carbonyl (C=O) groups is 1. The van der Waals surface area contributed by atoms with Gasteiger partial charge in [0.1, 0.15) is 6.10 Å². The third-order valence-corrected chi connectivity index (χ3v) is 4.14. The molecule has 4 nitrogen and oxygen atoms in total. The van der Waals surface area contributed by atoms with Crippen molar-refractivity contribution in [3.05, 3.63) is 46.5 Å². The van der Waals surface area contributed by atoms with Gasteiger partial charge in [0.15, 0.2) is 5.13 Å². The molecule has 0 spiro atoms. The van der Waals surface area contributed by atoms with Crippen molar-refractivity contribution >= 4 is 22.4 Å². The first-order chi connectivity index (χ1) is 11.3. The summed E-state index contributed by atoms with van der Waals surface area (Å²) < 4.78 is 42.8. The van der Waals surface area contributed by atoms with E-state index in [1.165, 1.54) is 23.5 Å². The molecule has 0 aliphatic heterocycles. The van der Waals surface area contributed by atoms with Crippen molar-refractivity contribution in [1.29, 1.82) is 0 Å². The van der Waals surface area contributed by atoms with Crippen LogP contribution in [0, 0.1) is 0 Å². The van der Waals surface area contributed by atoms with E-state index in [1.807, 2.05) is 0 Å². The number of carbonyl (C=O) groups excluding carboxylic acids is 1. The molecule has 2 aromatic rings. The van der Waals surface area contributed by atoms with Crippen LogP contribution in [0.1, 0.15) is 29.9 Å². The number of nitrogens with zero attached hydrogens (tertiary/aromatic N) is 1. The molecule has 1 aromatic heterocycles. The van der Waals surface area contributed by atoms with Gasteiger partial charge in [-0.05, 0) is 31.5 Å². The number of halogens is 3. The minimum atomic E-state index is -4.34. The first-order valence-corrected chi connectivity index (χ1v) is 8.14. The Morgan fingerprint density at radius 1 is 1.33 bits per heavy atom. The smallest absolute Gasteiger partial charge is 0.369 e. The van der Waals surface area contributed by atoms with Crippen molar-refractivity contribution < 1.29 is 22.7 Å². The molecule has 130 valence electrons. The lowest BCUT2D eigenvalue weighted by molar-refractivity contribution is -0.137. The molecular weight excluding hydrogens is 341 g/mol. The molecule has 0 saturated heterocycles. The fourth-order valence-corrected chi connectivity index (χ4v) is 2.84. The van der Waals surface area contributed by atoms with Crippen molar-refractivity contribution in [3.8, 4) is 0 Å². The lowest BCUT2D eigenvalue weighted by atomic mass is 10.1. The molecule has 0 radical (unpaired) electrons. The summed E-state index contributed by atoms with van der Waals surface area (Å²) in [7, 11) is 0. The molecule has 1 amide bonds. The Kier molecular flexibility index (Phi) is 5.95. The lowest BCUT2D eigenvalue weighted by Crippen LogP contribution is -2.27. The van der Waals surface area contributed by atoms with Gasteiger partial charge in [-0.2, -0.15) is 13.2 Å². The molecule has 1 atom stereocenters. The fraction of sp³-hybridized carbons (Fsp3) is 0.375. The number of hydrogen-bond acceptors (Lipinski definition) is 4. The number of rotatable bonds is 6. The maximum Gasteiger partial charge on any atom is 0.416 e. The van der Waals surface area contributed by atoms with Gasteiger partial charge in [0, 0.05) is 24.1 Å². The number of anilines is 1. The Bertz CT molecular complexity index is 683. The normalized spacial score (nSPS) is 12.9. The number of nitrogens with one attached hydrogen (secondary N) is 1. The summed E-state index contributed by atoms with van der Waals surface area (Å²) >= 11 is 1.28. The van der Waals surface area contributed by atoms with E-state index in [-0.39, 0.29) is 5.91 Å². The largest absolute Gasteiger partial charge is 0.416 e. The third kappa shape index (κ3) is 5.04. The summed E-state index contributed by atoms with van der Waals surface area (Å²) in [6.07, 6.45) is -2.86. The first-order valence-electron chi connectivity index (χ1n) is 7.33. The number of ether oxygens (including phenoxy) is 1. The molecule has 1 heterocycles. The highest BCUT2D eigenvalue weighted by Crippen LogP contribution is 2.29. The van der Waals surface area contributed by atoms with Gasteiger partial charge in [-0.25, -0.2) is 4.98 Å². The summed E-state index contributed by atoms with van der Waals surface area (Å²) in [5.41, 5.74) is 0.0700. The minimum absolute atomic E-state index is 0.285. The Labute approximate surface area is 141 Å². The van der Waals surface area contributed by atoms with Crippen LogP contribution in [0.3, 0.4) is 0 Å². The van der Waals surface area contributed by atoms with Crippen molar-refractivity contribution in [2.24, 2.45) is 0 Å². The molecule has 0 aliphatic rings. The predicted octanol–water partition coefficient (Wildman–Crippen LogP) is 4.12. The van der Waals surface area contributed by atoms with Crippen LogP contribution in [0.4, 0.5) is 18.3 Å². The Morgan fingerprint density at radius 2 is 2.00 bits per heavy atom. The quantitative estimate of drug-likeness (QED) is 0.845. The van der Waals surface area contributed by atoms with E-state index >= 15 is 0 Å². The molecule has 0 saturated carbocycles. The Morgan fingerprint density at radius 3 is 2.58 bits per heavy atom. The van der Waals surface area contributed by atoms with E-state index in [0.29, 0.717) is 18.2 Å². The minimum Gasteiger partial charge on any atom is -0.369 e. The second kappa shape index (κ2) is 7.76. The van der Waals surface area contributed by atoms with Crippen LogP contribution >= 0.6 is 11.3 Å². The Balaban J connectivity index is 1.97. The number of alkyl halides is 3. The van der Waals surface area contributed by atoms with Crippen LogP contribution in [-0.2, 0) is 22.1 Å². The average Bonchev–Trinajstić information content (AvgIpc) is 2.94. The highest BCUT2D eigenvalue weighted by molar-refractivity contribution is 7.15. The van der Waals surface area contributed by atoms with Gasteiger partial charge in [-0.1, -0.05) is 12.1 Å². The number of amides is 1. The van der Waals surface area contributed by atoms with Crippen LogP contribution in [0.5, 0.6) is 0 Å². The molecule has 8 heteroatoms. The standard InChI is InChI=1S/C16H17F3N2O2S/c1-3-23-10(2)14(22)21-15-20-9-13(24-15)8-11-4-6-12(7-5-11)16(17,18)19/h4-7,9-10H,3,8H2,1-2H3,(H,20,21,22). The number of thiazole rings is 1. The maximum atomic E-state index is 12.5. The molecule has 1 N–H and O–H groups in total. The van der Waals surface area contributed by atoms with E-state index < -0.39 is 17.8 Å². The van der Waals surface area contributed by atoms with Crippen molar-refractivity contribution in [2.75, 3.05) is 11.9 Å². The van der Waals surface area contributed by atoms with Gasteiger partial charge in [-0.3, -0.25) is 10.1 Å². The van der Waals surface area contributed by atoms with E-state index in [0.717, 1.165) is 22.6 Å². The average molecular weight is 358 g/mol. The van der Waals surface area contributed by atoms with Crippen LogP contribution in [0.25, 0.3) is 0 Å². The van der Waals surface area contributed by atoms with E-state index in [1.54, 1.807) is 20.0 Å². The number of aromatic nitrogens is 1. The van der Waals surface area contributed by atoms with Crippen LogP contribution in [0.15, 0.2) is 30.5 Å². The van der Waals surface area contributed by atoms with Crippen molar-refractivity contribution in [3.63, 3.8) is 0 Å². The lowest BCUT2D eigenvalue weighted by Gasteiger charge is -2.09. The molecule has 1 aromatic carbocycles. The monoisotopic (exact) mass is 358 g/mol. The summed E-state index contributed by atoms with van der Waals surface area (Å²) in [4.78, 5) is 16.8. The predicted molar refractivity (Wildman–Crippen MR) is 86.1 cm³/mol. The second-order valence-corrected chi connectivity index (χ2v) is 6.21. The van der Waals surface area contributed by atoms with E-state index in [2.05, 4.69) is 10.3 Å². The molecular formula is C16H17F3N2O2S. The fourth-order valence-electron chi connectivity index (χ4n) is 1.99. The SMILES string of the molecule is CCOC(C)C(=O)Nc1ncc(Cc2ccc(C(F)(F)F)cc2)s1. The van der Waals surface area contributed by atoms with Crippen LogP contribution in [0.2, 0.25) is 0 Å². The number of benzene rings is 1. The van der Waals surface area contributed by atoms with E-state index in [9.17, 15) is 18.0 Å². The van der Waals surface area contributed by atoms with Gasteiger partial charge < -0.3 is 4.74 Å². The zero-order chi connectivity index (χ0) is 17.7. The Hall–Kier alpha value is -1.93. The van der Waals surface area contributed by atoms with Crippen LogP contribution in [-0.4, -0.2) is 23.6 Å². The number of hydrogen-bond donors (Lipinski definition) is 1. The highest BCUT2D eigenvalue weighted by Gasteiger charge is 2.29. The van der Waals surface area contributed by atoms with Gasteiger partial charge >= 0.3 is 6.18 Å². The zero-order valence-electron chi connectivity index (χ0n) is 13.2. The van der Waals surface area contributed by atoms with Gasteiger partial charge in [0.2, 0.25) is 0 Å². The molecule has 2 rings (SSSR count). The van der Waals surface area contributed by atoms with Gasteiger partial charge in [0.25, 0.3) is 5.91 Å². The van der Waals surface area contributed by atoms with Gasteiger partial charge in [-0.15, -0.1) is 11.3 Å². The van der Waals surface area contributed by atoms with Gasteiger partial charge in [0.05, 0.1) is 5.56 Å². The molecule has 0 bridgehead atoms. The summed E-state index contributed by atoms with van der Waals surface area (Å²) in [5.74, 6) is -0.285. The third-order valence-electron chi connectivity index (χ3n) is 3.23. The zero-order valence-corrected chi connectivity index (χ0v) is 14.0. The summed E-state index contributed by atoms with van der Waals surface area (Å²) in [5, 5.41) is 3.09. The highest BCUT2D eigenvalue weighted by atomic mass is 32.1. The molecule has 0 fully saturated rings. The maximum absolute atomic E-state index is 12.5. The molecule has 0 aliphatic carbocycles. The molecule has 24 heavy (non-hydrogen) atoms. The van der Waals surface area contributed by atoms with Crippen molar-refractivity contribution in [1.82, 2.24) is 4.98 Å². The van der Waals surface area contributed by atoms with Crippen molar-refractivity contribution in [2.45, 2.75) is 32.5 Å². The second-order valence-electron chi connectivity index (χ2n) is 5.09. The molecule has 1 unspecified atom stereocenters. The van der Waals surface area contributed by atoms with E-state index in [4.69, 9.17) is 4.74 Å². The summed E-state index contributed by atoms with van der Waals surface area (Å²) in [6.45, 7) is 3.89. The topological polar surface area (TPSA) is 51.2 Å². The summed E-state index contributed by atoms with van der Waals surface area (Å²) in [6, 6.07) is 5.00. The van der Waals surface area contributed by atoms with Crippen LogP contribution < -0.4 is 5.32 Å².